The summed E-state index contributed by atoms with van der Waals surface area (Å²) in [7, 11) is 0. The normalized spacial score (nSPS) is 11.5. The average molecular weight is 326 g/mol. The minimum atomic E-state index is -1.64. The van der Waals surface area contributed by atoms with E-state index in [9.17, 15) is 39.7 Å². The lowest BCUT2D eigenvalue weighted by atomic mass is 9.90. The zero-order valence-corrected chi connectivity index (χ0v) is 11.3. The highest BCUT2D eigenvalue weighted by molar-refractivity contribution is 6.38. The molecule has 0 fully saturated rings. The van der Waals surface area contributed by atoms with Gasteiger partial charge in [-0.1, -0.05) is 0 Å². The molecule has 0 aliphatic rings. The van der Waals surface area contributed by atoms with Crippen LogP contribution in [0.15, 0.2) is 12.1 Å². The number of nitro benzene ring substituents is 2. The lowest BCUT2D eigenvalue weighted by Crippen LogP contribution is -2.31. The zero-order chi connectivity index (χ0) is 17.9. The topological polar surface area (TPSA) is 210 Å². The molecule has 12 heteroatoms. The number of nitrogens with two attached hydrogens (primary N) is 2. The fourth-order valence-corrected chi connectivity index (χ4v) is 1.84. The number of primary amides is 2. The third kappa shape index (κ3) is 3.75. The van der Waals surface area contributed by atoms with Gasteiger partial charge in [0.15, 0.2) is 0 Å². The van der Waals surface area contributed by atoms with E-state index in [4.69, 9.17) is 11.5 Å². The van der Waals surface area contributed by atoms with Gasteiger partial charge < -0.3 is 16.6 Å². The van der Waals surface area contributed by atoms with E-state index < -0.39 is 62.5 Å². The van der Waals surface area contributed by atoms with Crippen molar-refractivity contribution in [1.82, 2.24) is 0 Å². The number of nitrogens with zero attached hydrogens (tertiary/aromatic N) is 2. The van der Waals surface area contributed by atoms with Crippen LogP contribution in [0.2, 0.25) is 0 Å². The van der Waals surface area contributed by atoms with E-state index in [1.165, 1.54) is 0 Å². The average Bonchev–Trinajstić information content (AvgIpc) is 2.43. The second kappa shape index (κ2) is 6.46. The Morgan fingerprint density at radius 2 is 1.52 bits per heavy atom. The molecule has 0 aliphatic heterocycles. The summed E-state index contributed by atoms with van der Waals surface area (Å²) in [5, 5.41) is 31.2. The molecule has 0 heterocycles. The van der Waals surface area contributed by atoms with Crippen molar-refractivity contribution in [3.05, 3.63) is 37.9 Å². The van der Waals surface area contributed by atoms with Gasteiger partial charge in [0.25, 0.3) is 11.7 Å². The summed E-state index contributed by atoms with van der Waals surface area (Å²) >= 11 is 0. The van der Waals surface area contributed by atoms with E-state index in [0.717, 1.165) is 0 Å². The molecule has 0 radical (unpaired) electrons. The SMILES string of the molecule is NC(=O)CC(C(=O)C(N)=O)c1cc([N+](=O)[O-])c(O)c([N+](=O)[O-])c1. The van der Waals surface area contributed by atoms with Crippen molar-refractivity contribution in [2.45, 2.75) is 12.3 Å². The second-order valence-electron chi connectivity index (χ2n) is 4.37. The maximum Gasteiger partial charge on any atom is 0.318 e. The van der Waals surface area contributed by atoms with Crippen LogP contribution in [-0.4, -0.2) is 32.6 Å². The Morgan fingerprint density at radius 1 is 1.09 bits per heavy atom. The molecule has 0 spiro atoms. The van der Waals surface area contributed by atoms with Gasteiger partial charge in [0.2, 0.25) is 11.7 Å². The predicted molar refractivity (Wildman–Crippen MR) is 72.2 cm³/mol. The summed E-state index contributed by atoms with van der Waals surface area (Å²) in [5.41, 5.74) is 7.20. The molecular formula is C11H10N4O8. The minimum Gasteiger partial charge on any atom is -0.497 e. The number of phenolic OH excluding ortho intramolecular Hbond substituents is 1. The van der Waals surface area contributed by atoms with Crippen LogP contribution >= 0.6 is 0 Å². The number of hydrogen-bond donors (Lipinski definition) is 3. The van der Waals surface area contributed by atoms with Crippen LogP contribution in [0.3, 0.4) is 0 Å². The largest absolute Gasteiger partial charge is 0.497 e. The predicted octanol–water partition coefficient (Wildman–Crippen LogP) is -0.778. The molecule has 12 nitrogen and oxygen atoms in total. The molecule has 1 rings (SSSR count). The minimum absolute atomic E-state index is 0.413. The first-order valence-electron chi connectivity index (χ1n) is 5.83. The lowest BCUT2D eigenvalue weighted by Gasteiger charge is -2.13. The molecule has 1 aromatic rings. The first-order chi connectivity index (χ1) is 10.6. The maximum absolute atomic E-state index is 11.7. The van der Waals surface area contributed by atoms with E-state index in [0.29, 0.717) is 12.1 Å². The fourth-order valence-electron chi connectivity index (χ4n) is 1.84. The number of amides is 2. The van der Waals surface area contributed by atoms with Crippen LogP contribution in [0, 0.1) is 20.2 Å². The molecule has 1 atom stereocenters. The third-order valence-corrected chi connectivity index (χ3v) is 2.85. The molecule has 0 aliphatic carbocycles. The molecular weight excluding hydrogens is 316 g/mol. The molecule has 0 aromatic heterocycles. The Kier molecular flexibility index (Phi) is 4.91. The van der Waals surface area contributed by atoms with Crippen LogP contribution in [-0.2, 0) is 14.4 Å². The third-order valence-electron chi connectivity index (χ3n) is 2.85. The van der Waals surface area contributed by atoms with E-state index >= 15 is 0 Å². The number of nitro groups is 2. The van der Waals surface area contributed by atoms with Crippen LogP contribution in [0.25, 0.3) is 0 Å². The van der Waals surface area contributed by atoms with Gasteiger partial charge in [0.1, 0.15) is 0 Å². The van der Waals surface area contributed by atoms with Gasteiger partial charge in [-0.2, -0.15) is 0 Å². The van der Waals surface area contributed by atoms with Crippen LogP contribution in [0.1, 0.15) is 17.9 Å². The molecule has 122 valence electrons. The number of Topliss-reactive ketones (excluding diaryl/α,β-unsaturated/α-hetero) is 1. The van der Waals surface area contributed by atoms with Crippen molar-refractivity contribution >= 4 is 29.0 Å². The number of carbonyl (C=O) groups is 3. The monoisotopic (exact) mass is 326 g/mol. The Bertz CT molecular complexity index is 694. The van der Waals surface area contributed by atoms with Crippen molar-refractivity contribution in [2.24, 2.45) is 11.5 Å². The Hall–Kier alpha value is -3.57. The highest BCUT2D eigenvalue weighted by Gasteiger charge is 2.33. The number of benzene rings is 1. The standard InChI is InChI=1S/C11H10N4O8/c12-8(16)3-5(9(17)11(13)19)4-1-6(14(20)21)10(18)7(2-4)15(22)23/h1-2,5,18H,3H2,(H2,12,16)(H2,13,19). The highest BCUT2D eigenvalue weighted by atomic mass is 16.6. The smallest absolute Gasteiger partial charge is 0.318 e. The molecule has 1 unspecified atom stereocenters. The summed E-state index contributed by atoms with van der Waals surface area (Å²) in [6.07, 6.45) is -0.749. The number of carbonyl (C=O) groups excluding carboxylic acids is 3. The van der Waals surface area contributed by atoms with Gasteiger partial charge in [0, 0.05) is 18.6 Å². The van der Waals surface area contributed by atoms with Gasteiger partial charge in [0.05, 0.1) is 15.8 Å². The van der Waals surface area contributed by atoms with E-state index in [-0.39, 0.29) is 0 Å². The number of hydrogen-bond acceptors (Lipinski definition) is 8. The summed E-state index contributed by atoms with van der Waals surface area (Å²) < 4.78 is 0. The number of rotatable bonds is 7. The van der Waals surface area contributed by atoms with E-state index in [1.54, 1.807) is 0 Å². The lowest BCUT2D eigenvalue weighted by molar-refractivity contribution is -0.396. The van der Waals surface area contributed by atoms with Gasteiger partial charge in [-0.15, -0.1) is 0 Å². The van der Waals surface area contributed by atoms with Crippen LogP contribution in [0.5, 0.6) is 5.75 Å². The van der Waals surface area contributed by atoms with Crippen LogP contribution in [0.4, 0.5) is 11.4 Å². The fraction of sp³-hybridized carbons (Fsp3) is 0.182. The summed E-state index contributed by atoms with van der Waals surface area (Å²) in [5.74, 6) is -6.66. The Morgan fingerprint density at radius 3 is 1.83 bits per heavy atom. The molecule has 1 aromatic carbocycles. The van der Waals surface area contributed by atoms with Gasteiger partial charge in [-0.05, 0) is 5.56 Å². The molecule has 0 saturated carbocycles. The first-order valence-corrected chi connectivity index (χ1v) is 5.83. The number of ketones is 1. The van der Waals surface area contributed by atoms with Crippen LogP contribution < -0.4 is 11.5 Å². The van der Waals surface area contributed by atoms with Crippen molar-refractivity contribution < 1.29 is 29.3 Å². The Labute approximate surface area is 127 Å². The van der Waals surface area contributed by atoms with Gasteiger partial charge >= 0.3 is 11.4 Å². The maximum atomic E-state index is 11.7. The molecule has 5 N–H and O–H groups in total. The van der Waals surface area contributed by atoms with E-state index in [1.807, 2.05) is 0 Å². The molecule has 2 amide bonds. The van der Waals surface area contributed by atoms with Gasteiger partial charge in [-0.3, -0.25) is 34.6 Å². The van der Waals surface area contributed by atoms with Gasteiger partial charge in [-0.25, -0.2) is 0 Å². The molecule has 23 heavy (non-hydrogen) atoms. The number of aromatic hydroxyl groups is 1. The first kappa shape index (κ1) is 17.5. The summed E-state index contributed by atoms with van der Waals surface area (Å²) in [6, 6.07) is 1.27. The van der Waals surface area contributed by atoms with Crippen molar-refractivity contribution in [3.8, 4) is 5.75 Å². The Balaban J connectivity index is 3.61. The highest BCUT2D eigenvalue weighted by Crippen LogP contribution is 2.39. The number of phenols is 1. The quantitative estimate of drug-likeness (QED) is 0.328. The summed E-state index contributed by atoms with van der Waals surface area (Å²) in [6.45, 7) is 0. The summed E-state index contributed by atoms with van der Waals surface area (Å²) in [4.78, 5) is 53.2. The molecule has 0 bridgehead atoms. The van der Waals surface area contributed by atoms with Crippen molar-refractivity contribution in [2.75, 3.05) is 0 Å². The zero-order valence-electron chi connectivity index (χ0n) is 11.3. The van der Waals surface area contributed by atoms with Crippen molar-refractivity contribution in [1.29, 1.82) is 0 Å². The van der Waals surface area contributed by atoms with Crippen molar-refractivity contribution in [3.63, 3.8) is 0 Å². The second-order valence-corrected chi connectivity index (χ2v) is 4.37. The van der Waals surface area contributed by atoms with E-state index in [2.05, 4.69) is 0 Å². The molecule has 0 saturated heterocycles.